The molecule has 0 aliphatic carbocycles. The number of nitrogens with zero attached hydrogens (tertiary/aromatic N) is 3. The van der Waals surface area contributed by atoms with Crippen molar-refractivity contribution in [2.24, 2.45) is 5.73 Å². The van der Waals surface area contributed by atoms with E-state index in [-0.39, 0.29) is 16.7 Å². The van der Waals surface area contributed by atoms with Crippen molar-refractivity contribution in [1.29, 1.82) is 0 Å². The summed E-state index contributed by atoms with van der Waals surface area (Å²) in [6, 6.07) is 5.08. The topological polar surface area (TPSA) is 87.0 Å². The van der Waals surface area contributed by atoms with Gasteiger partial charge < -0.3 is 5.73 Å². The van der Waals surface area contributed by atoms with Crippen molar-refractivity contribution in [3.05, 3.63) is 56.3 Å². The monoisotopic (exact) mass is 338 g/mol. The Kier molecular flexibility index (Phi) is 4.51. The number of benzene rings is 1. The van der Waals surface area contributed by atoms with Gasteiger partial charge in [-0.05, 0) is 31.0 Å². The van der Waals surface area contributed by atoms with Crippen molar-refractivity contribution in [1.82, 2.24) is 9.78 Å². The number of hydrogen-bond donors (Lipinski definition) is 1. The molecule has 6 nitrogen and oxygen atoms in total. The maximum atomic E-state index is 11.1. The van der Waals surface area contributed by atoms with E-state index in [2.05, 4.69) is 21.0 Å². The molecule has 2 aromatic rings. The molecule has 7 heteroatoms. The second kappa shape index (κ2) is 6.15. The predicted octanol–water partition coefficient (Wildman–Crippen LogP) is 2.49. The standard InChI is InChI=1S/C13H15BrN4O2/c1-9(15)4-10-6-16-17(7-10)8-11-2-3-12(14)5-13(11)18(19)20/h2-3,5-7,9H,4,8,15H2,1H3. The Morgan fingerprint density at radius 3 is 2.95 bits per heavy atom. The molecule has 106 valence electrons. The minimum absolute atomic E-state index is 0.0645. The molecule has 2 N–H and O–H groups in total. The molecule has 0 aliphatic heterocycles. The molecule has 20 heavy (non-hydrogen) atoms. The van der Waals surface area contributed by atoms with Crippen LogP contribution in [0.25, 0.3) is 0 Å². The smallest absolute Gasteiger partial charge is 0.275 e. The number of halogens is 1. The molecule has 2 rings (SSSR count). The van der Waals surface area contributed by atoms with Crippen molar-refractivity contribution < 1.29 is 4.92 Å². The number of nitro groups is 1. The first-order valence-corrected chi connectivity index (χ1v) is 6.94. The van der Waals surface area contributed by atoms with Gasteiger partial charge in [0.1, 0.15) is 0 Å². The van der Waals surface area contributed by atoms with E-state index in [0.29, 0.717) is 16.6 Å². The lowest BCUT2D eigenvalue weighted by molar-refractivity contribution is -0.385. The van der Waals surface area contributed by atoms with Gasteiger partial charge in [0.25, 0.3) is 5.69 Å². The molecule has 0 amide bonds. The zero-order chi connectivity index (χ0) is 14.7. The maximum absolute atomic E-state index is 11.1. The van der Waals surface area contributed by atoms with Crippen LogP contribution < -0.4 is 5.73 Å². The van der Waals surface area contributed by atoms with Crippen LogP contribution in [-0.4, -0.2) is 20.7 Å². The fourth-order valence-corrected chi connectivity index (χ4v) is 2.33. The highest BCUT2D eigenvalue weighted by molar-refractivity contribution is 9.10. The summed E-state index contributed by atoms with van der Waals surface area (Å²) in [5.41, 5.74) is 7.47. The van der Waals surface area contributed by atoms with Gasteiger partial charge in [0, 0.05) is 22.8 Å². The Morgan fingerprint density at radius 1 is 1.55 bits per heavy atom. The van der Waals surface area contributed by atoms with Crippen LogP contribution in [-0.2, 0) is 13.0 Å². The molecule has 1 aromatic heterocycles. The lowest BCUT2D eigenvalue weighted by Gasteiger charge is -2.04. The zero-order valence-corrected chi connectivity index (χ0v) is 12.6. The van der Waals surface area contributed by atoms with Crippen molar-refractivity contribution >= 4 is 21.6 Å². The van der Waals surface area contributed by atoms with E-state index in [0.717, 1.165) is 12.0 Å². The normalized spacial score (nSPS) is 12.3. The molecule has 1 unspecified atom stereocenters. The number of hydrogen-bond acceptors (Lipinski definition) is 4. The van der Waals surface area contributed by atoms with Crippen molar-refractivity contribution in [3.63, 3.8) is 0 Å². The molecule has 0 aliphatic rings. The lowest BCUT2D eigenvalue weighted by Crippen LogP contribution is -2.17. The number of rotatable bonds is 5. The van der Waals surface area contributed by atoms with Crippen molar-refractivity contribution in [2.75, 3.05) is 0 Å². The molecule has 0 saturated carbocycles. The van der Waals surface area contributed by atoms with Crippen LogP contribution in [0.15, 0.2) is 35.1 Å². The van der Waals surface area contributed by atoms with Gasteiger partial charge in [0.05, 0.1) is 23.2 Å². The minimum atomic E-state index is -0.382. The van der Waals surface area contributed by atoms with Gasteiger partial charge in [-0.25, -0.2) is 0 Å². The summed E-state index contributed by atoms with van der Waals surface area (Å²) in [6.07, 6.45) is 4.35. The third kappa shape index (κ3) is 3.64. The van der Waals surface area contributed by atoms with Crippen LogP contribution in [0, 0.1) is 10.1 Å². The van der Waals surface area contributed by atoms with Gasteiger partial charge in [-0.1, -0.05) is 15.9 Å². The fourth-order valence-electron chi connectivity index (χ4n) is 1.99. The number of aromatic nitrogens is 2. The van der Waals surface area contributed by atoms with E-state index in [1.807, 2.05) is 13.1 Å². The van der Waals surface area contributed by atoms with Gasteiger partial charge in [0.15, 0.2) is 0 Å². The van der Waals surface area contributed by atoms with Crippen LogP contribution in [0.2, 0.25) is 0 Å². The van der Waals surface area contributed by atoms with Gasteiger partial charge in [-0.2, -0.15) is 5.10 Å². The molecule has 0 radical (unpaired) electrons. The average molecular weight is 339 g/mol. The summed E-state index contributed by atoms with van der Waals surface area (Å²) in [5, 5.41) is 15.3. The Balaban J connectivity index is 2.21. The quantitative estimate of drug-likeness (QED) is 0.670. The first kappa shape index (κ1) is 14.7. The summed E-state index contributed by atoms with van der Waals surface area (Å²) in [7, 11) is 0. The SMILES string of the molecule is CC(N)Cc1cnn(Cc2ccc(Br)cc2[N+](=O)[O-])c1. The molecule has 1 heterocycles. The number of nitrogens with two attached hydrogens (primary N) is 1. The minimum Gasteiger partial charge on any atom is -0.328 e. The van der Waals surface area contributed by atoms with Gasteiger partial charge in [0.2, 0.25) is 0 Å². The predicted molar refractivity (Wildman–Crippen MR) is 79.5 cm³/mol. The molecule has 0 saturated heterocycles. The van der Waals surface area contributed by atoms with Crippen LogP contribution in [0.3, 0.4) is 0 Å². The third-order valence-corrected chi connectivity index (χ3v) is 3.31. The van der Waals surface area contributed by atoms with Crippen LogP contribution in [0.4, 0.5) is 5.69 Å². The van der Waals surface area contributed by atoms with E-state index in [4.69, 9.17) is 5.73 Å². The fraction of sp³-hybridized carbons (Fsp3) is 0.308. The summed E-state index contributed by atoms with van der Waals surface area (Å²) in [5.74, 6) is 0. The van der Waals surface area contributed by atoms with Gasteiger partial charge in [-0.3, -0.25) is 14.8 Å². The third-order valence-electron chi connectivity index (χ3n) is 2.82. The second-order valence-corrected chi connectivity index (χ2v) is 5.67. The number of nitro benzene ring substituents is 1. The first-order chi connectivity index (χ1) is 9.45. The van der Waals surface area contributed by atoms with Gasteiger partial charge in [-0.15, -0.1) is 0 Å². The Morgan fingerprint density at radius 2 is 2.30 bits per heavy atom. The highest BCUT2D eigenvalue weighted by Crippen LogP contribution is 2.24. The highest BCUT2D eigenvalue weighted by Gasteiger charge is 2.15. The summed E-state index contributed by atoms with van der Waals surface area (Å²) >= 11 is 3.24. The largest absolute Gasteiger partial charge is 0.328 e. The van der Waals surface area contributed by atoms with E-state index >= 15 is 0 Å². The summed E-state index contributed by atoms with van der Waals surface area (Å²) in [6.45, 7) is 2.29. The summed E-state index contributed by atoms with van der Waals surface area (Å²) < 4.78 is 2.37. The molecule has 0 fully saturated rings. The summed E-state index contributed by atoms with van der Waals surface area (Å²) in [4.78, 5) is 10.7. The van der Waals surface area contributed by atoms with Crippen LogP contribution >= 0.6 is 15.9 Å². The molecule has 0 spiro atoms. The Bertz CT molecular complexity index is 625. The second-order valence-electron chi connectivity index (χ2n) is 4.76. The van der Waals surface area contributed by atoms with Crippen LogP contribution in [0.5, 0.6) is 0 Å². The van der Waals surface area contributed by atoms with E-state index in [1.165, 1.54) is 6.07 Å². The van der Waals surface area contributed by atoms with Crippen molar-refractivity contribution in [3.8, 4) is 0 Å². The molecular formula is C13H15BrN4O2. The zero-order valence-electron chi connectivity index (χ0n) is 11.0. The average Bonchev–Trinajstić information content (AvgIpc) is 2.77. The molecular weight excluding hydrogens is 324 g/mol. The van der Waals surface area contributed by atoms with E-state index in [9.17, 15) is 10.1 Å². The Hall–Kier alpha value is -1.73. The molecule has 0 bridgehead atoms. The van der Waals surface area contributed by atoms with E-state index < -0.39 is 0 Å². The highest BCUT2D eigenvalue weighted by atomic mass is 79.9. The first-order valence-electron chi connectivity index (χ1n) is 6.15. The Labute approximate surface area is 124 Å². The van der Waals surface area contributed by atoms with Crippen molar-refractivity contribution in [2.45, 2.75) is 25.9 Å². The van der Waals surface area contributed by atoms with Crippen LogP contribution in [0.1, 0.15) is 18.1 Å². The lowest BCUT2D eigenvalue weighted by atomic mass is 10.1. The molecule has 1 aromatic carbocycles. The maximum Gasteiger partial charge on any atom is 0.275 e. The van der Waals surface area contributed by atoms with E-state index in [1.54, 1.807) is 23.0 Å². The van der Waals surface area contributed by atoms with Gasteiger partial charge >= 0.3 is 0 Å². The molecule has 1 atom stereocenters.